The van der Waals surface area contributed by atoms with Gasteiger partial charge in [-0.05, 0) is 18.9 Å². The molecule has 102 valence electrons. The fraction of sp³-hybridized carbons (Fsp3) is 0.462. The summed E-state index contributed by atoms with van der Waals surface area (Å²) >= 11 is 0. The molecule has 1 fully saturated rings. The van der Waals surface area contributed by atoms with Gasteiger partial charge >= 0.3 is 5.97 Å². The average Bonchev–Trinajstić information content (AvgIpc) is 2.46. The lowest BCUT2D eigenvalue weighted by Crippen LogP contribution is -2.36. The fourth-order valence-electron chi connectivity index (χ4n) is 2.34. The third-order valence-electron chi connectivity index (χ3n) is 3.44. The normalized spacial score (nSPS) is 16.2. The smallest absolute Gasteiger partial charge is 0.308 e. The Hall–Kier alpha value is -2.11. The van der Waals surface area contributed by atoms with Gasteiger partial charge in [-0.1, -0.05) is 6.07 Å². The van der Waals surface area contributed by atoms with E-state index in [-0.39, 0.29) is 17.6 Å². The van der Waals surface area contributed by atoms with Crippen LogP contribution in [0.2, 0.25) is 0 Å². The lowest BCUT2D eigenvalue weighted by atomic mass is 9.96. The number of piperidine rings is 1. The van der Waals surface area contributed by atoms with Gasteiger partial charge in [-0.2, -0.15) is 0 Å². The number of hydrogen-bond donors (Lipinski definition) is 0. The number of nitrogens with zero attached hydrogens (tertiary/aromatic N) is 2. The van der Waals surface area contributed by atoms with Crippen molar-refractivity contribution in [3.8, 4) is 0 Å². The molecule has 0 unspecified atom stereocenters. The van der Waals surface area contributed by atoms with Crippen LogP contribution >= 0.6 is 0 Å². The molecule has 0 N–H and O–H groups in total. The third kappa shape index (κ3) is 3.01. The maximum atomic E-state index is 11.4. The molecule has 1 aliphatic heterocycles. The van der Waals surface area contributed by atoms with Crippen molar-refractivity contribution < 1.29 is 14.5 Å². The Morgan fingerprint density at radius 3 is 2.68 bits per heavy atom. The number of nitro groups is 1. The van der Waals surface area contributed by atoms with E-state index in [9.17, 15) is 14.9 Å². The topological polar surface area (TPSA) is 72.7 Å². The van der Waals surface area contributed by atoms with Gasteiger partial charge in [0.25, 0.3) is 5.69 Å². The summed E-state index contributed by atoms with van der Waals surface area (Å²) in [5, 5.41) is 10.7. The summed E-state index contributed by atoms with van der Waals surface area (Å²) < 4.78 is 4.73. The number of hydrogen-bond acceptors (Lipinski definition) is 5. The molecule has 19 heavy (non-hydrogen) atoms. The molecular formula is C13H16N2O4. The highest BCUT2D eigenvalue weighted by Gasteiger charge is 2.26. The molecule has 0 aromatic heterocycles. The maximum Gasteiger partial charge on any atom is 0.308 e. The van der Waals surface area contributed by atoms with Crippen LogP contribution in [0.3, 0.4) is 0 Å². The first-order chi connectivity index (χ1) is 9.11. The Morgan fingerprint density at radius 2 is 2.11 bits per heavy atom. The molecule has 6 heteroatoms. The number of carbonyl (C=O) groups is 1. The molecule has 1 heterocycles. The molecule has 1 aliphatic rings. The summed E-state index contributed by atoms with van der Waals surface area (Å²) in [6.45, 7) is 1.42. The van der Waals surface area contributed by atoms with Crippen LogP contribution in [-0.2, 0) is 9.53 Å². The Bertz CT molecular complexity index is 481. The second kappa shape index (κ2) is 5.69. The number of esters is 1. The van der Waals surface area contributed by atoms with E-state index in [0.29, 0.717) is 13.1 Å². The second-order valence-electron chi connectivity index (χ2n) is 4.56. The van der Waals surface area contributed by atoms with Crippen molar-refractivity contribution in [2.75, 3.05) is 25.1 Å². The standard InChI is InChI=1S/C13H16N2O4/c1-19-13(16)10-5-7-14(8-6-10)11-3-2-4-12(9-11)15(17)18/h2-4,9-10H,5-8H2,1H3. The van der Waals surface area contributed by atoms with E-state index in [1.807, 2.05) is 6.07 Å². The van der Waals surface area contributed by atoms with Crippen LogP contribution < -0.4 is 4.90 Å². The van der Waals surface area contributed by atoms with Crippen LogP contribution in [0.15, 0.2) is 24.3 Å². The van der Waals surface area contributed by atoms with Crippen molar-refractivity contribution in [1.82, 2.24) is 0 Å². The first-order valence-corrected chi connectivity index (χ1v) is 6.19. The van der Waals surface area contributed by atoms with Crippen LogP contribution in [0.25, 0.3) is 0 Å². The Kier molecular flexibility index (Phi) is 3.99. The van der Waals surface area contributed by atoms with Gasteiger partial charge in [0.2, 0.25) is 0 Å². The summed E-state index contributed by atoms with van der Waals surface area (Å²) in [4.78, 5) is 23.8. The Morgan fingerprint density at radius 1 is 1.42 bits per heavy atom. The van der Waals surface area contributed by atoms with Gasteiger partial charge in [-0.15, -0.1) is 0 Å². The van der Waals surface area contributed by atoms with Gasteiger partial charge in [-0.25, -0.2) is 0 Å². The lowest BCUT2D eigenvalue weighted by molar-refractivity contribution is -0.384. The monoisotopic (exact) mass is 264 g/mol. The van der Waals surface area contributed by atoms with E-state index in [1.165, 1.54) is 13.2 Å². The number of rotatable bonds is 3. The van der Waals surface area contributed by atoms with Crippen molar-refractivity contribution in [2.24, 2.45) is 5.92 Å². The van der Waals surface area contributed by atoms with Crippen LogP contribution in [0.5, 0.6) is 0 Å². The number of ether oxygens (including phenoxy) is 1. The highest BCUT2D eigenvalue weighted by atomic mass is 16.6. The van der Waals surface area contributed by atoms with Crippen molar-refractivity contribution in [1.29, 1.82) is 0 Å². The number of methoxy groups -OCH3 is 1. The summed E-state index contributed by atoms with van der Waals surface area (Å²) in [6, 6.07) is 6.58. The van der Waals surface area contributed by atoms with Crippen LogP contribution in [0.4, 0.5) is 11.4 Å². The second-order valence-corrected chi connectivity index (χ2v) is 4.56. The summed E-state index contributed by atoms with van der Waals surface area (Å²) in [5.74, 6) is -0.223. The predicted molar refractivity (Wildman–Crippen MR) is 70.0 cm³/mol. The maximum absolute atomic E-state index is 11.4. The lowest BCUT2D eigenvalue weighted by Gasteiger charge is -2.32. The first kappa shape index (κ1) is 13.3. The van der Waals surface area contributed by atoms with Gasteiger partial charge < -0.3 is 9.64 Å². The SMILES string of the molecule is COC(=O)C1CCN(c2cccc([N+](=O)[O-])c2)CC1. The Labute approximate surface area is 111 Å². The molecule has 0 saturated carbocycles. The molecular weight excluding hydrogens is 248 g/mol. The molecule has 0 amide bonds. The molecule has 6 nitrogen and oxygen atoms in total. The minimum atomic E-state index is -0.398. The molecule has 0 bridgehead atoms. The van der Waals surface area contributed by atoms with Crippen LogP contribution in [0, 0.1) is 16.0 Å². The number of nitro benzene ring substituents is 1. The molecule has 2 rings (SSSR count). The molecule has 1 aromatic rings. The number of carbonyl (C=O) groups excluding carboxylic acids is 1. The number of benzene rings is 1. The largest absolute Gasteiger partial charge is 0.469 e. The fourth-order valence-corrected chi connectivity index (χ4v) is 2.34. The van der Waals surface area contributed by atoms with Gasteiger partial charge in [0.1, 0.15) is 0 Å². The van der Waals surface area contributed by atoms with E-state index in [1.54, 1.807) is 12.1 Å². The molecule has 1 aromatic carbocycles. The third-order valence-corrected chi connectivity index (χ3v) is 3.44. The van der Waals surface area contributed by atoms with Gasteiger partial charge in [0.15, 0.2) is 0 Å². The zero-order valence-electron chi connectivity index (χ0n) is 10.7. The molecule has 0 aliphatic carbocycles. The van der Waals surface area contributed by atoms with Gasteiger partial charge in [0.05, 0.1) is 18.0 Å². The van der Waals surface area contributed by atoms with Crippen molar-refractivity contribution in [3.05, 3.63) is 34.4 Å². The van der Waals surface area contributed by atoms with Crippen LogP contribution in [-0.4, -0.2) is 31.1 Å². The van der Waals surface area contributed by atoms with Gasteiger partial charge in [0, 0.05) is 30.9 Å². The van der Waals surface area contributed by atoms with Crippen molar-refractivity contribution in [3.63, 3.8) is 0 Å². The van der Waals surface area contributed by atoms with E-state index in [4.69, 9.17) is 4.74 Å². The zero-order valence-corrected chi connectivity index (χ0v) is 10.7. The summed E-state index contributed by atoms with van der Waals surface area (Å²) in [6.07, 6.45) is 1.44. The quantitative estimate of drug-likeness (QED) is 0.474. The summed E-state index contributed by atoms with van der Waals surface area (Å²) in [7, 11) is 1.40. The molecule has 1 saturated heterocycles. The van der Waals surface area contributed by atoms with Crippen molar-refractivity contribution in [2.45, 2.75) is 12.8 Å². The predicted octanol–water partition coefficient (Wildman–Crippen LogP) is 1.98. The van der Waals surface area contributed by atoms with E-state index < -0.39 is 4.92 Å². The minimum Gasteiger partial charge on any atom is -0.469 e. The molecule has 0 radical (unpaired) electrons. The van der Waals surface area contributed by atoms with E-state index >= 15 is 0 Å². The van der Waals surface area contributed by atoms with Crippen LogP contribution in [0.1, 0.15) is 12.8 Å². The van der Waals surface area contributed by atoms with Gasteiger partial charge in [-0.3, -0.25) is 14.9 Å². The minimum absolute atomic E-state index is 0.0556. The zero-order chi connectivity index (χ0) is 13.8. The number of non-ortho nitro benzene ring substituents is 1. The Balaban J connectivity index is 2.03. The first-order valence-electron chi connectivity index (χ1n) is 6.19. The number of anilines is 1. The average molecular weight is 264 g/mol. The highest BCUT2D eigenvalue weighted by molar-refractivity contribution is 5.72. The van der Waals surface area contributed by atoms with Crippen molar-refractivity contribution >= 4 is 17.3 Å². The van der Waals surface area contributed by atoms with E-state index in [0.717, 1.165) is 18.5 Å². The highest BCUT2D eigenvalue weighted by Crippen LogP contribution is 2.26. The summed E-state index contributed by atoms with van der Waals surface area (Å²) in [5.41, 5.74) is 0.921. The molecule has 0 atom stereocenters. The van der Waals surface area contributed by atoms with E-state index in [2.05, 4.69) is 4.90 Å². The molecule has 0 spiro atoms.